The number of nitrogens with zero attached hydrogens (tertiary/aromatic N) is 1. The third-order valence-corrected chi connectivity index (χ3v) is 4.20. The summed E-state index contributed by atoms with van der Waals surface area (Å²) in [5.74, 6) is 1.19. The molecular formula is C19H23N3O4. The van der Waals surface area contributed by atoms with E-state index >= 15 is 0 Å². The average Bonchev–Trinajstić information content (AvgIpc) is 3.20. The lowest BCUT2D eigenvalue weighted by Gasteiger charge is -2.14. The maximum Gasteiger partial charge on any atom is 0.253 e. The van der Waals surface area contributed by atoms with Crippen LogP contribution in [-0.2, 0) is 4.74 Å². The quantitative estimate of drug-likeness (QED) is 0.793. The van der Waals surface area contributed by atoms with Crippen molar-refractivity contribution in [1.29, 1.82) is 0 Å². The number of benzene rings is 1. The summed E-state index contributed by atoms with van der Waals surface area (Å²) >= 11 is 0. The van der Waals surface area contributed by atoms with Crippen LogP contribution in [0.1, 0.15) is 23.2 Å². The lowest BCUT2D eigenvalue weighted by atomic mass is 10.2. The molecule has 2 aromatic rings. The first kappa shape index (κ1) is 18.0. The Kier molecular flexibility index (Phi) is 5.91. The van der Waals surface area contributed by atoms with Gasteiger partial charge in [-0.2, -0.15) is 0 Å². The zero-order valence-electron chi connectivity index (χ0n) is 15.0. The van der Waals surface area contributed by atoms with Crippen molar-refractivity contribution in [2.45, 2.75) is 18.9 Å². The van der Waals surface area contributed by atoms with Crippen LogP contribution in [0.4, 0.5) is 11.4 Å². The second kappa shape index (κ2) is 8.53. The van der Waals surface area contributed by atoms with Crippen molar-refractivity contribution >= 4 is 17.3 Å². The van der Waals surface area contributed by atoms with Crippen molar-refractivity contribution in [2.75, 3.05) is 32.7 Å². The summed E-state index contributed by atoms with van der Waals surface area (Å²) in [6.45, 7) is 1.28. The van der Waals surface area contributed by atoms with Crippen LogP contribution in [0, 0.1) is 0 Å². The van der Waals surface area contributed by atoms with E-state index in [9.17, 15) is 4.79 Å². The first-order valence-corrected chi connectivity index (χ1v) is 8.53. The van der Waals surface area contributed by atoms with Crippen LogP contribution in [-0.4, -0.2) is 44.4 Å². The van der Waals surface area contributed by atoms with Gasteiger partial charge in [-0.3, -0.25) is 9.78 Å². The number of nitrogens with one attached hydrogen (secondary N) is 2. The second-order valence-corrected chi connectivity index (χ2v) is 6.00. The number of rotatable bonds is 7. The molecule has 0 spiro atoms. The molecule has 3 rings (SSSR count). The van der Waals surface area contributed by atoms with E-state index in [2.05, 4.69) is 15.6 Å². The lowest BCUT2D eigenvalue weighted by molar-refractivity contribution is 0.0857. The van der Waals surface area contributed by atoms with Gasteiger partial charge in [-0.25, -0.2) is 0 Å². The highest BCUT2D eigenvalue weighted by atomic mass is 16.5. The van der Waals surface area contributed by atoms with Gasteiger partial charge in [0.25, 0.3) is 5.91 Å². The zero-order valence-corrected chi connectivity index (χ0v) is 15.0. The molecule has 1 fully saturated rings. The van der Waals surface area contributed by atoms with Crippen LogP contribution in [0.5, 0.6) is 11.5 Å². The Balaban J connectivity index is 1.69. The standard InChI is InChI=1S/C19H23N3O4/c1-24-15-5-6-18(25-2)17(9-15)22-14-8-13(10-20-11-14)19(23)21-12-16-4-3-7-26-16/h5-6,8-11,16,22H,3-4,7,12H2,1-2H3,(H,21,23). The fraction of sp³-hybridized carbons (Fsp3) is 0.368. The molecule has 1 atom stereocenters. The number of ether oxygens (including phenoxy) is 3. The van der Waals surface area contributed by atoms with Gasteiger partial charge in [0.1, 0.15) is 11.5 Å². The number of aromatic nitrogens is 1. The van der Waals surface area contributed by atoms with Crippen molar-refractivity contribution in [3.05, 3.63) is 42.2 Å². The van der Waals surface area contributed by atoms with Crippen molar-refractivity contribution in [1.82, 2.24) is 10.3 Å². The molecular weight excluding hydrogens is 334 g/mol. The highest BCUT2D eigenvalue weighted by molar-refractivity contribution is 5.95. The Labute approximate surface area is 152 Å². The zero-order chi connectivity index (χ0) is 18.4. The topological polar surface area (TPSA) is 81.7 Å². The number of anilines is 2. The molecule has 1 aromatic carbocycles. The van der Waals surface area contributed by atoms with E-state index in [0.29, 0.717) is 29.3 Å². The van der Waals surface area contributed by atoms with Gasteiger partial charge in [0.05, 0.1) is 43.5 Å². The molecule has 0 saturated carbocycles. The minimum atomic E-state index is -0.172. The van der Waals surface area contributed by atoms with Gasteiger partial charge < -0.3 is 24.8 Å². The number of hydrogen-bond donors (Lipinski definition) is 2. The van der Waals surface area contributed by atoms with Crippen molar-refractivity contribution in [3.63, 3.8) is 0 Å². The average molecular weight is 357 g/mol. The fourth-order valence-electron chi connectivity index (χ4n) is 2.81. The third-order valence-electron chi connectivity index (χ3n) is 4.20. The molecule has 7 nitrogen and oxygen atoms in total. The Morgan fingerprint density at radius 2 is 2.15 bits per heavy atom. The summed E-state index contributed by atoms with van der Waals surface area (Å²) in [6, 6.07) is 7.20. The van der Waals surface area contributed by atoms with Crippen LogP contribution in [0.25, 0.3) is 0 Å². The van der Waals surface area contributed by atoms with E-state index in [1.165, 1.54) is 0 Å². The van der Waals surface area contributed by atoms with Crippen molar-refractivity contribution < 1.29 is 19.0 Å². The molecule has 1 amide bonds. The molecule has 1 saturated heterocycles. The van der Waals surface area contributed by atoms with Crippen LogP contribution in [0.2, 0.25) is 0 Å². The fourth-order valence-corrected chi connectivity index (χ4v) is 2.81. The monoisotopic (exact) mass is 357 g/mol. The Bertz CT molecular complexity index is 760. The van der Waals surface area contributed by atoms with Gasteiger partial charge in [0, 0.05) is 25.4 Å². The van der Waals surface area contributed by atoms with E-state index in [4.69, 9.17) is 14.2 Å². The lowest BCUT2D eigenvalue weighted by Crippen LogP contribution is -2.31. The molecule has 138 valence electrons. The highest BCUT2D eigenvalue weighted by Gasteiger charge is 2.17. The summed E-state index contributed by atoms with van der Waals surface area (Å²) < 4.78 is 16.1. The van der Waals surface area contributed by atoms with Gasteiger partial charge in [-0.1, -0.05) is 0 Å². The van der Waals surface area contributed by atoms with Crippen LogP contribution in [0.3, 0.4) is 0 Å². The van der Waals surface area contributed by atoms with Gasteiger partial charge >= 0.3 is 0 Å². The summed E-state index contributed by atoms with van der Waals surface area (Å²) in [4.78, 5) is 16.5. The third kappa shape index (κ3) is 4.43. The Morgan fingerprint density at radius 3 is 2.88 bits per heavy atom. The molecule has 26 heavy (non-hydrogen) atoms. The first-order valence-electron chi connectivity index (χ1n) is 8.53. The molecule has 0 radical (unpaired) electrons. The van der Waals surface area contributed by atoms with Gasteiger partial charge in [-0.05, 0) is 31.0 Å². The maximum absolute atomic E-state index is 12.4. The van der Waals surface area contributed by atoms with E-state index in [1.54, 1.807) is 32.7 Å². The predicted octanol–water partition coefficient (Wildman–Crippen LogP) is 2.75. The van der Waals surface area contributed by atoms with E-state index in [-0.39, 0.29) is 12.0 Å². The number of carbonyl (C=O) groups excluding carboxylic acids is 1. The molecule has 1 unspecified atom stereocenters. The molecule has 7 heteroatoms. The number of carbonyl (C=O) groups is 1. The van der Waals surface area contributed by atoms with Gasteiger partial charge in [0.15, 0.2) is 0 Å². The number of hydrogen-bond acceptors (Lipinski definition) is 6. The first-order chi connectivity index (χ1) is 12.7. The van der Waals surface area contributed by atoms with Gasteiger partial charge in [0.2, 0.25) is 0 Å². The molecule has 1 aliphatic rings. The van der Waals surface area contributed by atoms with E-state index < -0.39 is 0 Å². The maximum atomic E-state index is 12.4. The van der Waals surface area contributed by atoms with Crippen molar-refractivity contribution in [2.24, 2.45) is 0 Å². The molecule has 0 aliphatic carbocycles. The van der Waals surface area contributed by atoms with Gasteiger partial charge in [-0.15, -0.1) is 0 Å². The van der Waals surface area contributed by atoms with E-state index in [0.717, 1.165) is 25.1 Å². The summed E-state index contributed by atoms with van der Waals surface area (Å²) in [5, 5.41) is 6.11. The smallest absolute Gasteiger partial charge is 0.253 e. The summed E-state index contributed by atoms with van der Waals surface area (Å²) in [7, 11) is 3.20. The highest BCUT2D eigenvalue weighted by Crippen LogP contribution is 2.31. The molecule has 1 aliphatic heterocycles. The largest absolute Gasteiger partial charge is 0.497 e. The second-order valence-electron chi connectivity index (χ2n) is 6.00. The molecule has 0 bridgehead atoms. The van der Waals surface area contributed by atoms with Crippen LogP contribution < -0.4 is 20.1 Å². The minimum Gasteiger partial charge on any atom is -0.497 e. The summed E-state index contributed by atoms with van der Waals surface area (Å²) in [6.07, 6.45) is 5.32. The SMILES string of the molecule is COc1ccc(OC)c(Nc2cncc(C(=O)NCC3CCCO3)c2)c1. The predicted molar refractivity (Wildman–Crippen MR) is 98.4 cm³/mol. The minimum absolute atomic E-state index is 0.106. The number of pyridine rings is 1. The van der Waals surface area contributed by atoms with Crippen LogP contribution in [0.15, 0.2) is 36.7 Å². The number of amides is 1. The molecule has 2 N–H and O–H groups in total. The van der Waals surface area contributed by atoms with Crippen molar-refractivity contribution in [3.8, 4) is 11.5 Å². The molecule has 1 aromatic heterocycles. The number of methoxy groups -OCH3 is 2. The molecule has 2 heterocycles. The summed E-state index contributed by atoms with van der Waals surface area (Å²) in [5.41, 5.74) is 1.89. The Hall–Kier alpha value is -2.80. The normalized spacial score (nSPS) is 16.2. The Morgan fingerprint density at radius 1 is 1.27 bits per heavy atom. The van der Waals surface area contributed by atoms with Crippen LogP contribution >= 0.6 is 0 Å². The van der Waals surface area contributed by atoms with E-state index in [1.807, 2.05) is 18.2 Å².